The number of nitro benzene ring substituents is 2. The molecule has 0 aliphatic heterocycles. The van der Waals surface area contributed by atoms with Crippen LogP contribution >= 0.6 is 0 Å². The van der Waals surface area contributed by atoms with E-state index in [0.29, 0.717) is 5.69 Å². The van der Waals surface area contributed by atoms with E-state index in [1.54, 1.807) is 24.3 Å². The molecule has 0 unspecified atom stereocenters. The van der Waals surface area contributed by atoms with Crippen molar-refractivity contribution in [3.05, 3.63) is 98.8 Å². The number of benzene rings is 2. The Morgan fingerprint density at radius 1 is 0.967 bits per heavy atom. The van der Waals surface area contributed by atoms with Crippen molar-refractivity contribution in [3.63, 3.8) is 0 Å². The molecule has 0 atom stereocenters. The quantitative estimate of drug-likeness (QED) is 0.394. The first-order valence-electron chi connectivity index (χ1n) is 8.71. The molecular weight excluding hydrogens is 390 g/mol. The van der Waals surface area contributed by atoms with Gasteiger partial charge in [0.25, 0.3) is 17.3 Å². The van der Waals surface area contributed by atoms with E-state index < -0.39 is 27.1 Å². The van der Waals surface area contributed by atoms with Gasteiger partial charge in [-0.2, -0.15) is 0 Å². The summed E-state index contributed by atoms with van der Waals surface area (Å²) >= 11 is 0. The number of imidazole rings is 1. The zero-order chi connectivity index (χ0) is 21.3. The Morgan fingerprint density at radius 3 is 2.40 bits per heavy atom. The number of carbonyl (C=O) groups excluding carboxylic acids is 1. The van der Waals surface area contributed by atoms with Crippen LogP contribution in [0.25, 0.3) is 16.9 Å². The lowest BCUT2D eigenvalue weighted by atomic mass is 10.1. The summed E-state index contributed by atoms with van der Waals surface area (Å²) in [6, 6.07) is 15.4. The van der Waals surface area contributed by atoms with E-state index in [-0.39, 0.29) is 5.56 Å². The summed E-state index contributed by atoms with van der Waals surface area (Å²) in [6.45, 7) is 0. The number of anilines is 1. The number of nitro groups is 2. The maximum Gasteiger partial charge on any atom is 0.289 e. The molecule has 0 spiro atoms. The van der Waals surface area contributed by atoms with Gasteiger partial charge in [0, 0.05) is 29.7 Å². The topological polar surface area (TPSA) is 133 Å². The predicted octanol–water partition coefficient (Wildman–Crippen LogP) is 4.07. The predicted molar refractivity (Wildman–Crippen MR) is 108 cm³/mol. The molecule has 1 N–H and O–H groups in total. The number of nitrogens with one attached hydrogen (secondary N) is 1. The third-order valence-corrected chi connectivity index (χ3v) is 4.44. The van der Waals surface area contributed by atoms with Crippen LogP contribution < -0.4 is 5.32 Å². The Morgan fingerprint density at radius 2 is 1.73 bits per heavy atom. The van der Waals surface area contributed by atoms with Gasteiger partial charge in [0.05, 0.1) is 21.6 Å². The van der Waals surface area contributed by atoms with Gasteiger partial charge in [-0.05, 0) is 30.3 Å². The van der Waals surface area contributed by atoms with Gasteiger partial charge >= 0.3 is 0 Å². The van der Waals surface area contributed by atoms with Crippen molar-refractivity contribution in [3.8, 4) is 11.3 Å². The lowest BCUT2D eigenvalue weighted by Gasteiger charge is -2.06. The van der Waals surface area contributed by atoms with Crippen LogP contribution in [0.5, 0.6) is 0 Å². The minimum absolute atomic E-state index is 0.268. The molecule has 0 bridgehead atoms. The minimum Gasteiger partial charge on any atom is -0.322 e. The normalized spacial score (nSPS) is 10.7. The van der Waals surface area contributed by atoms with Crippen molar-refractivity contribution in [2.24, 2.45) is 0 Å². The van der Waals surface area contributed by atoms with Crippen LogP contribution in [-0.2, 0) is 0 Å². The Kier molecular flexibility index (Phi) is 4.64. The molecule has 2 aromatic carbocycles. The molecule has 10 nitrogen and oxygen atoms in total. The molecule has 0 saturated heterocycles. The highest BCUT2D eigenvalue weighted by Gasteiger charge is 2.24. The average molecular weight is 403 g/mol. The second-order valence-electron chi connectivity index (χ2n) is 6.34. The van der Waals surface area contributed by atoms with Crippen LogP contribution in [-0.4, -0.2) is 25.1 Å². The fraction of sp³-hybridized carbons (Fsp3) is 0. The molecule has 4 rings (SSSR count). The average Bonchev–Trinajstić information content (AvgIpc) is 3.18. The Hall–Kier alpha value is -4.60. The fourth-order valence-electron chi connectivity index (χ4n) is 2.97. The molecule has 0 aliphatic rings. The number of hydrogen-bond acceptors (Lipinski definition) is 6. The highest BCUT2D eigenvalue weighted by molar-refractivity contribution is 6.07. The fourth-order valence-corrected chi connectivity index (χ4v) is 2.97. The number of fused-ring (bicyclic) bond motifs is 1. The standard InChI is InChI=1S/C20H13N5O5/c26-20(16-9-8-15(24(27)28)11-18(16)25(29)30)21-14-6-4-13(5-7-14)17-12-23-10-2-1-3-19(23)22-17/h1-12H,(H,21,26). The van der Waals surface area contributed by atoms with E-state index in [9.17, 15) is 25.0 Å². The number of nitrogens with zero attached hydrogens (tertiary/aromatic N) is 4. The Balaban J connectivity index is 1.57. The van der Waals surface area contributed by atoms with E-state index in [2.05, 4.69) is 10.3 Å². The summed E-state index contributed by atoms with van der Waals surface area (Å²) in [4.78, 5) is 37.5. The summed E-state index contributed by atoms with van der Waals surface area (Å²) in [5.41, 5.74) is 1.44. The zero-order valence-electron chi connectivity index (χ0n) is 15.3. The first-order chi connectivity index (χ1) is 14.4. The van der Waals surface area contributed by atoms with Crippen LogP contribution in [0.3, 0.4) is 0 Å². The van der Waals surface area contributed by atoms with Crippen molar-refractivity contribution in [2.75, 3.05) is 5.32 Å². The number of carbonyl (C=O) groups is 1. The van der Waals surface area contributed by atoms with E-state index in [4.69, 9.17) is 0 Å². The monoisotopic (exact) mass is 403 g/mol. The van der Waals surface area contributed by atoms with Crippen LogP contribution in [0.1, 0.15) is 10.4 Å². The highest BCUT2D eigenvalue weighted by atomic mass is 16.6. The number of rotatable bonds is 5. The SMILES string of the molecule is O=C(Nc1ccc(-c2cn3ccccc3n2)cc1)c1ccc([N+](=O)[O-])cc1[N+](=O)[O-]. The van der Waals surface area contributed by atoms with Crippen LogP contribution in [0.15, 0.2) is 73.1 Å². The van der Waals surface area contributed by atoms with Crippen LogP contribution in [0.4, 0.5) is 17.1 Å². The lowest BCUT2D eigenvalue weighted by molar-refractivity contribution is -0.394. The second-order valence-corrected chi connectivity index (χ2v) is 6.34. The summed E-state index contributed by atoms with van der Waals surface area (Å²) in [5.74, 6) is -0.739. The number of non-ortho nitro benzene ring substituents is 1. The number of aromatic nitrogens is 2. The summed E-state index contributed by atoms with van der Waals surface area (Å²) < 4.78 is 1.89. The summed E-state index contributed by atoms with van der Waals surface area (Å²) in [6.07, 6.45) is 3.76. The molecule has 2 aromatic heterocycles. The third-order valence-electron chi connectivity index (χ3n) is 4.44. The molecule has 148 valence electrons. The maximum absolute atomic E-state index is 12.5. The van der Waals surface area contributed by atoms with Gasteiger partial charge in [-0.3, -0.25) is 25.0 Å². The smallest absolute Gasteiger partial charge is 0.289 e. The first kappa shape index (κ1) is 18.7. The van der Waals surface area contributed by atoms with Crippen molar-refractivity contribution < 1.29 is 14.6 Å². The zero-order valence-corrected chi connectivity index (χ0v) is 15.3. The molecule has 1 amide bonds. The molecule has 0 aliphatic carbocycles. The van der Waals surface area contributed by atoms with Gasteiger partial charge in [-0.25, -0.2) is 4.98 Å². The van der Waals surface area contributed by atoms with Gasteiger partial charge < -0.3 is 9.72 Å². The second kappa shape index (κ2) is 7.43. The van der Waals surface area contributed by atoms with E-state index in [0.717, 1.165) is 35.1 Å². The van der Waals surface area contributed by atoms with Crippen molar-refractivity contribution in [1.82, 2.24) is 9.38 Å². The molecule has 0 radical (unpaired) electrons. The van der Waals surface area contributed by atoms with Crippen molar-refractivity contribution in [2.45, 2.75) is 0 Å². The summed E-state index contributed by atoms with van der Waals surface area (Å²) in [7, 11) is 0. The molecular formula is C20H13N5O5. The highest BCUT2D eigenvalue weighted by Crippen LogP contribution is 2.26. The van der Waals surface area contributed by atoms with Crippen molar-refractivity contribution >= 4 is 28.6 Å². The van der Waals surface area contributed by atoms with Gasteiger partial charge in [-0.1, -0.05) is 18.2 Å². The van der Waals surface area contributed by atoms with E-state index >= 15 is 0 Å². The maximum atomic E-state index is 12.5. The third kappa shape index (κ3) is 3.56. The number of hydrogen-bond donors (Lipinski definition) is 1. The Labute approximate surface area is 168 Å². The Bertz CT molecular complexity index is 1260. The summed E-state index contributed by atoms with van der Waals surface area (Å²) in [5, 5.41) is 24.6. The van der Waals surface area contributed by atoms with E-state index in [1.165, 1.54) is 0 Å². The van der Waals surface area contributed by atoms with Gasteiger partial charge in [0.2, 0.25) is 0 Å². The molecule has 4 aromatic rings. The van der Waals surface area contributed by atoms with Gasteiger partial charge in [0.15, 0.2) is 0 Å². The molecule has 2 heterocycles. The lowest BCUT2D eigenvalue weighted by Crippen LogP contribution is -2.14. The van der Waals surface area contributed by atoms with Crippen molar-refractivity contribution in [1.29, 1.82) is 0 Å². The molecule has 0 fully saturated rings. The van der Waals surface area contributed by atoms with Crippen LogP contribution in [0, 0.1) is 20.2 Å². The van der Waals surface area contributed by atoms with Gasteiger partial charge in [-0.15, -0.1) is 0 Å². The van der Waals surface area contributed by atoms with Crippen LogP contribution in [0.2, 0.25) is 0 Å². The largest absolute Gasteiger partial charge is 0.322 e. The van der Waals surface area contributed by atoms with Gasteiger partial charge in [0.1, 0.15) is 11.2 Å². The first-order valence-corrected chi connectivity index (χ1v) is 8.71. The number of amides is 1. The molecule has 0 saturated carbocycles. The number of pyridine rings is 1. The molecule has 30 heavy (non-hydrogen) atoms. The van der Waals surface area contributed by atoms with E-state index in [1.807, 2.05) is 35.0 Å². The minimum atomic E-state index is -0.825. The molecule has 10 heteroatoms.